The number of hydrogen-bond donors (Lipinski definition) is 2. The highest BCUT2D eigenvalue weighted by atomic mass is 19.1. The van der Waals surface area contributed by atoms with E-state index in [0.717, 1.165) is 13.1 Å². The van der Waals surface area contributed by atoms with E-state index in [1.54, 1.807) is 0 Å². The Morgan fingerprint density at radius 1 is 1.43 bits per heavy atom. The quantitative estimate of drug-likeness (QED) is 0.876. The SMILES string of the molecule is C[C@H]1CCCCN1CCNC(=O)NCc1ccc(C#N)cc1F. The molecular weight excluding hydrogens is 295 g/mol. The molecule has 0 aromatic heterocycles. The Labute approximate surface area is 136 Å². The molecule has 1 atom stereocenters. The normalized spacial score (nSPS) is 18.2. The molecule has 1 fully saturated rings. The number of nitrogens with zero attached hydrogens (tertiary/aromatic N) is 2. The Balaban J connectivity index is 1.70. The van der Waals surface area contributed by atoms with Crippen LogP contribution < -0.4 is 10.6 Å². The first-order valence-electron chi connectivity index (χ1n) is 8.04. The maximum absolute atomic E-state index is 13.7. The van der Waals surface area contributed by atoms with Crippen LogP contribution >= 0.6 is 0 Å². The van der Waals surface area contributed by atoms with Gasteiger partial charge < -0.3 is 10.6 Å². The van der Waals surface area contributed by atoms with Gasteiger partial charge in [0.1, 0.15) is 5.82 Å². The summed E-state index contributed by atoms with van der Waals surface area (Å²) in [7, 11) is 0. The zero-order valence-corrected chi connectivity index (χ0v) is 13.4. The lowest BCUT2D eigenvalue weighted by Gasteiger charge is -2.33. The number of likely N-dealkylation sites (tertiary alicyclic amines) is 1. The van der Waals surface area contributed by atoms with Crippen LogP contribution in [0.25, 0.3) is 0 Å². The first-order valence-corrected chi connectivity index (χ1v) is 8.04. The number of rotatable bonds is 5. The molecule has 1 aromatic carbocycles. The topological polar surface area (TPSA) is 68.2 Å². The number of hydrogen-bond acceptors (Lipinski definition) is 3. The summed E-state index contributed by atoms with van der Waals surface area (Å²) in [5.41, 5.74) is 0.634. The van der Waals surface area contributed by atoms with E-state index in [1.807, 2.05) is 6.07 Å². The third-order valence-corrected chi connectivity index (χ3v) is 4.25. The summed E-state index contributed by atoms with van der Waals surface area (Å²) in [6.45, 7) is 4.81. The highest BCUT2D eigenvalue weighted by Crippen LogP contribution is 2.15. The summed E-state index contributed by atoms with van der Waals surface area (Å²) >= 11 is 0. The summed E-state index contributed by atoms with van der Waals surface area (Å²) in [4.78, 5) is 14.1. The molecule has 0 spiro atoms. The number of carbonyl (C=O) groups excluding carboxylic acids is 1. The zero-order valence-electron chi connectivity index (χ0n) is 13.4. The highest BCUT2D eigenvalue weighted by molar-refractivity contribution is 5.73. The minimum atomic E-state index is -0.480. The van der Waals surface area contributed by atoms with Crippen LogP contribution in [-0.2, 0) is 6.54 Å². The minimum Gasteiger partial charge on any atom is -0.337 e. The molecule has 1 aliphatic rings. The molecule has 1 aliphatic heterocycles. The molecule has 5 nitrogen and oxygen atoms in total. The predicted molar refractivity (Wildman–Crippen MR) is 86.2 cm³/mol. The van der Waals surface area contributed by atoms with Crippen molar-refractivity contribution >= 4 is 6.03 Å². The molecule has 0 unspecified atom stereocenters. The number of piperidine rings is 1. The van der Waals surface area contributed by atoms with Gasteiger partial charge in [0, 0.05) is 31.2 Å². The fraction of sp³-hybridized carbons (Fsp3) is 0.529. The van der Waals surface area contributed by atoms with Crippen LogP contribution in [0, 0.1) is 17.1 Å². The van der Waals surface area contributed by atoms with Crippen LogP contribution in [0.1, 0.15) is 37.3 Å². The largest absolute Gasteiger partial charge is 0.337 e. The summed E-state index contributed by atoms with van der Waals surface area (Å²) < 4.78 is 13.7. The zero-order chi connectivity index (χ0) is 16.7. The van der Waals surface area contributed by atoms with Gasteiger partial charge in [-0.25, -0.2) is 9.18 Å². The second-order valence-corrected chi connectivity index (χ2v) is 5.91. The number of nitrogens with one attached hydrogen (secondary N) is 2. The lowest BCUT2D eigenvalue weighted by Crippen LogP contribution is -2.44. The Morgan fingerprint density at radius 3 is 2.96 bits per heavy atom. The van der Waals surface area contributed by atoms with Gasteiger partial charge in [0.2, 0.25) is 0 Å². The van der Waals surface area contributed by atoms with Crippen molar-refractivity contribution in [3.63, 3.8) is 0 Å². The molecule has 23 heavy (non-hydrogen) atoms. The van der Waals surface area contributed by atoms with Gasteiger partial charge in [-0.3, -0.25) is 4.90 Å². The van der Waals surface area contributed by atoms with Crippen molar-refractivity contribution < 1.29 is 9.18 Å². The van der Waals surface area contributed by atoms with E-state index >= 15 is 0 Å². The molecule has 0 aliphatic carbocycles. The van der Waals surface area contributed by atoms with Crippen molar-refractivity contribution in [2.75, 3.05) is 19.6 Å². The van der Waals surface area contributed by atoms with Crippen LogP contribution in [-0.4, -0.2) is 36.6 Å². The molecule has 1 aromatic rings. The fourth-order valence-electron chi connectivity index (χ4n) is 2.80. The number of amides is 2. The van der Waals surface area contributed by atoms with Gasteiger partial charge in [-0.15, -0.1) is 0 Å². The second kappa shape index (κ2) is 8.49. The second-order valence-electron chi connectivity index (χ2n) is 5.91. The van der Waals surface area contributed by atoms with Crippen molar-refractivity contribution in [3.05, 3.63) is 35.1 Å². The number of halogens is 1. The molecule has 2 N–H and O–H groups in total. The average molecular weight is 318 g/mol. The number of carbonyl (C=O) groups is 1. The Hall–Kier alpha value is -2.13. The van der Waals surface area contributed by atoms with Crippen LogP contribution in [0.4, 0.5) is 9.18 Å². The lowest BCUT2D eigenvalue weighted by molar-refractivity contribution is 0.161. The van der Waals surface area contributed by atoms with E-state index in [1.165, 1.54) is 37.5 Å². The van der Waals surface area contributed by atoms with Gasteiger partial charge in [-0.1, -0.05) is 12.5 Å². The van der Waals surface area contributed by atoms with E-state index < -0.39 is 5.82 Å². The summed E-state index contributed by atoms with van der Waals surface area (Å²) in [6.07, 6.45) is 3.71. The van der Waals surface area contributed by atoms with Crippen molar-refractivity contribution in [1.82, 2.24) is 15.5 Å². The monoisotopic (exact) mass is 318 g/mol. The van der Waals surface area contributed by atoms with Gasteiger partial charge in [-0.2, -0.15) is 5.26 Å². The summed E-state index contributed by atoms with van der Waals surface area (Å²) in [5.74, 6) is -0.480. The van der Waals surface area contributed by atoms with Crippen LogP contribution in [0.2, 0.25) is 0 Å². The Bertz CT molecular complexity index is 584. The van der Waals surface area contributed by atoms with Gasteiger partial charge in [0.25, 0.3) is 0 Å². The molecule has 1 saturated heterocycles. The highest BCUT2D eigenvalue weighted by Gasteiger charge is 2.17. The van der Waals surface area contributed by atoms with E-state index in [2.05, 4.69) is 22.5 Å². The van der Waals surface area contributed by atoms with Gasteiger partial charge in [0.05, 0.1) is 11.6 Å². The summed E-state index contributed by atoms with van der Waals surface area (Å²) in [5, 5.41) is 14.1. The minimum absolute atomic E-state index is 0.101. The molecule has 2 amide bonds. The van der Waals surface area contributed by atoms with Crippen LogP contribution in [0.5, 0.6) is 0 Å². The standard InChI is InChI=1S/C17H23FN4O/c1-13-4-2-3-8-22(13)9-7-20-17(23)21-12-15-6-5-14(11-19)10-16(15)18/h5-6,10,13H,2-4,7-9,12H2,1H3,(H2,20,21,23)/t13-/m0/s1. The molecule has 0 saturated carbocycles. The number of nitriles is 1. The van der Waals surface area contributed by atoms with Crippen molar-refractivity contribution in [3.8, 4) is 6.07 Å². The average Bonchev–Trinajstić information content (AvgIpc) is 2.55. The van der Waals surface area contributed by atoms with Gasteiger partial charge in [0.15, 0.2) is 0 Å². The van der Waals surface area contributed by atoms with Gasteiger partial charge in [-0.05, 0) is 38.4 Å². The summed E-state index contributed by atoms with van der Waals surface area (Å²) in [6, 6.07) is 6.37. The van der Waals surface area contributed by atoms with Crippen LogP contribution in [0.15, 0.2) is 18.2 Å². The maximum Gasteiger partial charge on any atom is 0.315 e. The number of benzene rings is 1. The van der Waals surface area contributed by atoms with Gasteiger partial charge >= 0.3 is 6.03 Å². The lowest BCUT2D eigenvalue weighted by atomic mass is 10.0. The third kappa shape index (κ3) is 5.22. The molecule has 124 valence electrons. The smallest absolute Gasteiger partial charge is 0.315 e. The van der Waals surface area contributed by atoms with E-state index in [9.17, 15) is 9.18 Å². The molecule has 0 bridgehead atoms. The molecule has 2 rings (SSSR count). The molecule has 0 radical (unpaired) electrons. The first kappa shape index (κ1) is 17.2. The van der Waals surface area contributed by atoms with E-state index in [0.29, 0.717) is 18.2 Å². The Morgan fingerprint density at radius 2 is 2.26 bits per heavy atom. The fourth-order valence-corrected chi connectivity index (χ4v) is 2.80. The molecule has 1 heterocycles. The third-order valence-electron chi connectivity index (χ3n) is 4.25. The maximum atomic E-state index is 13.7. The first-order chi connectivity index (χ1) is 11.1. The Kier molecular flexibility index (Phi) is 6.36. The van der Waals surface area contributed by atoms with E-state index in [-0.39, 0.29) is 18.1 Å². The predicted octanol–water partition coefficient (Wildman–Crippen LogP) is 2.37. The van der Waals surface area contributed by atoms with Crippen molar-refractivity contribution in [2.24, 2.45) is 0 Å². The van der Waals surface area contributed by atoms with E-state index in [4.69, 9.17) is 5.26 Å². The molecule has 6 heteroatoms. The number of urea groups is 1. The van der Waals surface area contributed by atoms with Crippen molar-refractivity contribution in [2.45, 2.75) is 38.8 Å². The molecular formula is C17H23FN4O. The van der Waals surface area contributed by atoms with Crippen molar-refractivity contribution in [1.29, 1.82) is 5.26 Å². The van der Waals surface area contributed by atoms with Crippen LogP contribution in [0.3, 0.4) is 0 Å².